The number of amides is 1. The Bertz CT molecular complexity index is 897. The summed E-state index contributed by atoms with van der Waals surface area (Å²) >= 11 is 0. The number of carbonyl (C=O) groups excluding carboxylic acids is 1. The second kappa shape index (κ2) is 6.55. The maximum Gasteiger partial charge on any atom is 0.253 e. The normalized spacial score (nSPS) is 15.5. The molecule has 4 rings (SSSR count). The van der Waals surface area contributed by atoms with Crippen LogP contribution in [0.15, 0.2) is 48.7 Å². The van der Waals surface area contributed by atoms with E-state index >= 15 is 0 Å². The van der Waals surface area contributed by atoms with E-state index < -0.39 is 0 Å². The van der Waals surface area contributed by atoms with Crippen molar-refractivity contribution in [1.29, 1.82) is 0 Å². The largest absolute Gasteiger partial charge is 0.497 e. The lowest BCUT2D eigenvalue weighted by molar-refractivity contribution is 0.0710. The molecule has 25 heavy (non-hydrogen) atoms. The van der Waals surface area contributed by atoms with Gasteiger partial charge in [0.1, 0.15) is 11.6 Å². The van der Waals surface area contributed by atoms with Crippen molar-refractivity contribution in [3.05, 3.63) is 60.0 Å². The lowest BCUT2D eigenvalue weighted by Crippen LogP contribution is -2.38. The van der Waals surface area contributed by atoms with E-state index in [0.29, 0.717) is 17.2 Å². The number of aromatic nitrogens is 3. The summed E-state index contributed by atoms with van der Waals surface area (Å²) in [5.41, 5.74) is 1.54. The van der Waals surface area contributed by atoms with Gasteiger partial charge in [-0.25, -0.2) is 0 Å². The number of nitrogens with zero attached hydrogens (tertiary/aromatic N) is 4. The zero-order valence-corrected chi connectivity index (χ0v) is 14.1. The Morgan fingerprint density at radius 1 is 1.12 bits per heavy atom. The van der Waals surface area contributed by atoms with Crippen LogP contribution in [0.2, 0.25) is 0 Å². The molecule has 3 heterocycles. The molecule has 0 spiro atoms. The molecule has 2 aromatic heterocycles. The van der Waals surface area contributed by atoms with Crippen LogP contribution >= 0.6 is 0 Å². The van der Waals surface area contributed by atoms with Gasteiger partial charge in [0.15, 0.2) is 5.65 Å². The van der Waals surface area contributed by atoms with Gasteiger partial charge in [-0.3, -0.25) is 9.20 Å². The Labute approximate surface area is 146 Å². The first-order valence-corrected chi connectivity index (χ1v) is 8.49. The maximum atomic E-state index is 12.7. The fraction of sp³-hybridized carbons (Fsp3) is 0.316. The summed E-state index contributed by atoms with van der Waals surface area (Å²) in [5.74, 6) is 2.08. The van der Waals surface area contributed by atoms with E-state index in [4.69, 9.17) is 4.74 Å². The second-order valence-corrected chi connectivity index (χ2v) is 6.29. The molecule has 1 aliphatic rings. The molecule has 128 valence electrons. The van der Waals surface area contributed by atoms with Crippen molar-refractivity contribution in [1.82, 2.24) is 19.5 Å². The Morgan fingerprint density at radius 2 is 1.96 bits per heavy atom. The zero-order valence-electron chi connectivity index (χ0n) is 14.1. The lowest BCUT2D eigenvalue weighted by atomic mass is 9.95. The van der Waals surface area contributed by atoms with Crippen molar-refractivity contribution in [3.63, 3.8) is 0 Å². The molecule has 1 amide bonds. The summed E-state index contributed by atoms with van der Waals surface area (Å²) in [6.07, 6.45) is 3.79. The van der Waals surface area contributed by atoms with E-state index in [9.17, 15) is 4.79 Å². The molecular weight excluding hydrogens is 316 g/mol. The third-order valence-corrected chi connectivity index (χ3v) is 4.80. The molecular formula is C19H20N4O2. The highest BCUT2D eigenvalue weighted by molar-refractivity contribution is 5.94. The molecule has 0 atom stereocenters. The molecule has 0 unspecified atom stereocenters. The van der Waals surface area contributed by atoms with Crippen LogP contribution in [0, 0.1) is 0 Å². The van der Waals surface area contributed by atoms with Crippen LogP contribution in [0.5, 0.6) is 5.75 Å². The van der Waals surface area contributed by atoms with Gasteiger partial charge in [-0.1, -0.05) is 12.1 Å². The van der Waals surface area contributed by atoms with Crippen LogP contribution in [0.4, 0.5) is 0 Å². The summed E-state index contributed by atoms with van der Waals surface area (Å²) < 4.78 is 7.26. The number of ether oxygens (including phenoxy) is 1. The first-order chi connectivity index (χ1) is 12.3. The van der Waals surface area contributed by atoms with Crippen LogP contribution in [-0.2, 0) is 0 Å². The Morgan fingerprint density at radius 3 is 2.76 bits per heavy atom. The number of methoxy groups -OCH3 is 1. The van der Waals surface area contributed by atoms with Gasteiger partial charge >= 0.3 is 0 Å². The van der Waals surface area contributed by atoms with Crippen molar-refractivity contribution in [3.8, 4) is 5.75 Å². The SMILES string of the molecule is COc1cccc(C(=O)N2CCC(c3nnc4ccccn34)CC2)c1. The van der Waals surface area contributed by atoms with Crippen LogP contribution in [0.1, 0.15) is 34.9 Å². The van der Waals surface area contributed by atoms with E-state index in [-0.39, 0.29) is 5.91 Å². The summed E-state index contributed by atoms with van der Waals surface area (Å²) in [6, 6.07) is 13.2. The standard InChI is InChI=1S/C19H20N4O2/c1-25-16-6-4-5-15(13-16)19(24)22-11-8-14(9-12-22)18-21-20-17-7-2-3-10-23(17)18/h2-7,10,13-14H,8-9,11-12H2,1H3. The van der Waals surface area contributed by atoms with E-state index in [1.54, 1.807) is 13.2 Å². The predicted octanol–water partition coefficient (Wildman–Crippen LogP) is 2.76. The molecule has 1 saturated heterocycles. The predicted molar refractivity (Wildman–Crippen MR) is 93.9 cm³/mol. The van der Waals surface area contributed by atoms with Crippen LogP contribution in [-0.4, -0.2) is 45.6 Å². The molecule has 6 nitrogen and oxygen atoms in total. The van der Waals surface area contributed by atoms with E-state index in [0.717, 1.165) is 37.4 Å². The zero-order chi connectivity index (χ0) is 17.2. The van der Waals surface area contributed by atoms with Crippen LogP contribution < -0.4 is 4.74 Å². The van der Waals surface area contributed by atoms with Crippen LogP contribution in [0.3, 0.4) is 0 Å². The first kappa shape index (κ1) is 15.6. The minimum Gasteiger partial charge on any atom is -0.497 e. The van der Waals surface area contributed by atoms with E-state index in [2.05, 4.69) is 10.2 Å². The molecule has 0 saturated carbocycles. The second-order valence-electron chi connectivity index (χ2n) is 6.29. The Balaban J connectivity index is 1.47. The summed E-state index contributed by atoms with van der Waals surface area (Å²) in [4.78, 5) is 14.6. The number of fused-ring (bicyclic) bond motifs is 1. The molecule has 3 aromatic rings. The van der Waals surface area contributed by atoms with E-state index in [1.807, 2.05) is 51.9 Å². The monoisotopic (exact) mass is 336 g/mol. The minimum absolute atomic E-state index is 0.0588. The molecule has 0 radical (unpaired) electrons. The van der Waals surface area contributed by atoms with Gasteiger partial charge in [-0.15, -0.1) is 10.2 Å². The molecule has 6 heteroatoms. The van der Waals surface area contributed by atoms with Crippen molar-refractivity contribution in [2.75, 3.05) is 20.2 Å². The van der Waals surface area contributed by atoms with E-state index in [1.165, 1.54) is 0 Å². The average Bonchev–Trinajstić information content (AvgIpc) is 3.12. The van der Waals surface area contributed by atoms with Crippen LogP contribution in [0.25, 0.3) is 5.65 Å². The summed E-state index contributed by atoms with van der Waals surface area (Å²) in [6.45, 7) is 1.45. The molecule has 0 N–H and O–H groups in total. The molecule has 1 fully saturated rings. The quantitative estimate of drug-likeness (QED) is 0.738. The molecule has 1 aliphatic heterocycles. The van der Waals surface area contributed by atoms with Crippen molar-refractivity contribution < 1.29 is 9.53 Å². The van der Waals surface area contributed by atoms with Gasteiger partial charge in [-0.05, 0) is 43.2 Å². The Kier molecular flexibility index (Phi) is 4.09. The number of rotatable bonds is 3. The highest BCUT2D eigenvalue weighted by Crippen LogP contribution is 2.28. The molecule has 1 aromatic carbocycles. The van der Waals surface area contributed by atoms with Crippen molar-refractivity contribution in [2.24, 2.45) is 0 Å². The number of hydrogen-bond acceptors (Lipinski definition) is 4. The topological polar surface area (TPSA) is 59.7 Å². The van der Waals surface area contributed by atoms with Crippen molar-refractivity contribution in [2.45, 2.75) is 18.8 Å². The number of hydrogen-bond donors (Lipinski definition) is 0. The summed E-state index contributed by atoms with van der Waals surface area (Å²) in [5, 5.41) is 8.60. The average molecular weight is 336 g/mol. The third kappa shape index (κ3) is 2.95. The van der Waals surface area contributed by atoms with Gasteiger partial charge < -0.3 is 9.64 Å². The highest BCUT2D eigenvalue weighted by Gasteiger charge is 2.27. The fourth-order valence-electron chi connectivity index (χ4n) is 3.42. The van der Waals surface area contributed by atoms with Gasteiger partial charge in [-0.2, -0.15) is 0 Å². The molecule has 0 aliphatic carbocycles. The van der Waals surface area contributed by atoms with Crippen molar-refractivity contribution >= 4 is 11.6 Å². The van der Waals surface area contributed by atoms with Gasteiger partial charge in [0.05, 0.1) is 7.11 Å². The number of likely N-dealkylation sites (tertiary alicyclic amines) is 1. The summed E-state index contributed by atoms with van der Waals surface area (Å²) in [7, 11) is 1.61. The lowest BCUT2D eigenvalue weighted by Gasteiger charge is -2.31. The number of benzene rings is 1. The first-order valence-electron chi connectivity index (χ1n) is 8.49. The van der Waals surface area contributed by atoms with Gasteiger partial charge in [0, 0.05) is 30.8 Å². The minimum atomic E-state index is 0.0588. The van der Waals surface area contributed by atoms with Gasteiger partial charge in [0.25, 0.3) is 5.91 Å². The smallest absolute Gasteiger partial charge is 0.253 e. The fourth-order valence-corrected chi connectivity index (χ4v) is 3.42. The third-order valence-electron chi connectivity index (χ3n) is 4.80. The highest BCUT2D eigenvalue weighted by atomic mass is 16.5. The Hall–Kier alpha value is -2.89. The molecule has 0 bridgehead atoms. The van der Waals surface area contributed by atoms with Gasteiger partial charge in [0.2, 0.25) is 0 Å². The number of pyridine rings is 1. The number of carbonyl (C=O) groups is 1. The number of piperidine rings is 1. The maximum absolute atomic E-state index is 12.7.